The summed E-state index contributed by atoms with van der Waals surface area (Å²) < 4.78 is 16.7. The van der Waals surface area contributed by atoms with Crippen molar-refractivity contribution in [3.8, 4) is 0 Å². The van der Waals surface area contributed by atoms with Crippen LogP contribution in [0.4, 0.5) is 0 Å². The summed E-state index contributed by atoms with van der Waals surface area (Å²) in [4.78, 5) is 38.0. The van der Waals surface area contributed by atoms with Crippen molar-refractivity contribution in [3.05, 3.63) is 109 Å². The predicted molar refractivity (Wildman–Crippen MR) is 283 cm³/mol. The first-order chi connectivity index (χ1) is 32.5. The molecule has 0 aliphatic rings. The SMILES string of the molecule is CC/C=C\C/C=C\C/C=C\C/C=C\C/C=C\CC(=O)OC(COC(=O)CCCCCCC/C=C\C/C=C\CCCC)COC(=O)CCCCCCCCCCC/C=C\C/C=C\CCCCC. The second kappa shape index (κ2) is 53.7. The lowest BCUT2D eigenvalue weighted by atomic mass is 10.1. The molecule has 0 rings (SSSR count). The van der Waals surface area contributed by atoms with E-state index >= 15 is 0 Å². The van der Waals surface area contributed by atoms with Gasteiger partial charge in [0, 0.05) is 12.8 Å². The van der Waals surface area contributed by atoms with Crippen molar-refractivity contribution in [3.63, 3.8) is 0 Å². The monoisotopic (exact) mass is 915 g/mol. The van der Waals surface area contributed by atoms with Crippen LogP contribution in [0.5, 0.6) is 0 Å². The Morgan fingerprint density at radius 3 is 1.05 bits per heavy atom. The first-order valence-electron chi connectivity index (χ1n) is 26.9. The maximum absolute atomic E-state index is 12.8. The van der Waals surface area contributed by atoms with E-state index in [0.717, 1.165) is 96.3 Å². The number of carbonyl (C=O) groups is 3. The molecule has 6 nitrogen and oxygen atoms in total. The summed E-state index contributed by atoms with van der Waals surface area (Å²) >= 11 is 0. The van der Waals surface area contributed by atoms with Gasteiger partial charge in [0.15, 0.2) is 6.10 Å². The van der Waals surface area contributed by atoms with E-state index in [4.69, 9.17) is 14.2 Å². The van der Waals surface area contributed by atoms with Crippen molar-refractivity contribution >= 4 is 17.9 Å². The minimum atomic E-state index is -0.841. The van der Waals surface area contributed by atoms with Gasteiger partial charge < -0.3 is 14.2 Å². The molecule has 0 amide bonds. The van der Waals surface area contributed by atoms with Gasteiger partial charge in [-0.3, -0.25) is 14.4 Å². The van der Waals surface area contributed by atoms with Gasteiger partial charge in [-0.15, -0.1) is 0 Å². The normalized spacial score (nSPS) is 13.0. The van der Waals surface area contributed by atoms with E-state index in [0.29, 0.717) is 19.3 Å². The Morgan fingerprint density at radius 1 is 0.333 bits per heavy atom. The van der Waals surface area contributed by atoms with Crippen molar-refractivity contribution < 1.29 is 28.6 Å². The van der Waals surface area contributed by atoms with Crippen LogP contribution < -0.4 is 0 Å². The highest BCUT2D eigenvalue weighted by Crippen LogP contribution is 2.13. The summed E-state index contributed by atoms with van der Waals surface area (Å²) in [6.07, 6.45) is 72.4. The minimum absolute atomic E-state index is 0.0898. The fourth-order valence-electron chi connectivity index (χ4n) is 6.97. The Kier molecular flexibility index (Phi) is 50.5. The summed E-state index contributed by atoms with van der Waals surface area (Å²) in [5.41, 5.74) is 0. The third-order valence-electron chi connectivity index (χ3n) is 11.0. The zero-order valence-electron chi connectivity index (χ0n) is 42.7. The summed E-state index contributed by atoms with van der Waals surface area (Å²) in [7, 11) is 0. The fourth-order valence-corrected chi connectivity index (χ4v) is 6.97. The molecule has 0 saturated carbocycles. The Balaban J connectivity index is 4.51. The molecule has 0 aromatic rings. The molecule has 0 aromatic carbocycles. The first-order valence-corrected chi connectivity index (χ1v) is 26.9. The van der Waals surface area contributed by atoms with Crippen LogP contribution in [0.15, 0.2) is 109 Å². The molecule has 0 saturated heterocycles. The Morgan fingerprint density at radius 2 is 0.652 bits per heavy atom. The highest BCUT2D eigenvalue weighted by atomic mass is 16.6. The lowest BCUT2D eigenvalue weighted by molar-refractivity contribution is -0.166. The first kappa shape index (κ1) is 62.1. The molecule has 0 fully saturated rings. The van der Waals surface area contributed by atoms with Crippen molar-refractivity contribution in [1.29, 1.82) is 0 Å². The molecule has 0 radical (unpaired) electrons. The van der Waals surface area contributed by atoms with E-state index in [9.17, 15) is 14.4 Å². The molecule has 1 unspecified atom stereocenters. The van der Waals surface area contributed by atoms with E-state index in [1.165, 1.54) is 89.9 Å². The zero-order chi connectivity index (χ0) is 47.9. The molecule has 66 heavy (non-hydrogen) atoms. The largest absolute Gasteiger partial charge is 0.462 e. The number of hydrogen-bond acceptors (Lipinski definition) is 6. The van der Waals surface area contributed by atoms with Gasteiger partial charge in [0.2, 0.25) is 0 Å². The number of hydrogen-bond donors (Lipinski definition) is 0. The molecular formula is C60H98O6. The highest BCUT2D eigenvalue weighted by Gasteiger charge is 2.19. The Labute approximate surface area is 406 Å². The Bertz CT molecular complexity index is 1370. The maximum atomic E-state index is 12.8. The number of unbranched alkanes of at least 4 members (excludes halogenated alkanes) is 19. The van der Waals surface area contributed by atoms with Gasteiger partial charge in [-0.1, -0.05) is 220 Å². The topological polar surface area (TPSA) is 78.9 Å². The number of carbonyl (C=O) groups excluding carboxylic acids is 3. The van der Waals surface area contributed by atoms with Crippen LogP contribution in [-0.4, -0.2) is 37.2 Å². The summed E-state index contributed by atoms with van der Waals surface area (Å²) in [5, 5.41) is 0. The van der Waals surface area contributed by atoms with Crippen LogP contribution in [0.3, 0.4) is 0 Å². The van der Waals surface area contributed by atoms with Crippen LogP contribution >= 0.6 is 0 Å². The number of rotatable bonds is 47. The van der Waals surface area contributed by atoms with Crippen LogP contribution in [0.25, 0.3) is 0 Å². The van der Waals surface area contributed by atoms with Crippen molar-refractivity contribution in [1.82, 2.24) is 0 Å². The maximum Gasteiger partial charge on any atom is 0.310 e. The standard InChI is InChI=1S/C60H98O6/c1-4-7-10-13-16-19-22-25-28-29-30-31-33-35-38-41-44-47-50-53-59(62)65-56-57(55-64-58(61)52-49-46-43-40-37-34-27-24-21-18-15-12-9-6-3)66-60(63)54-51-48-45-42-39-36-32-26-23-20-17-14-11-8-5-2/h8,11,15-20,24-28,32,39,42,48,51,57H,4-7,9-10,12-14,21-23,29-31,33-38,40-41,43-47,49-50,52-56H2,1-3H3/b11-8-,18-15-,19-16-,20-17-,27-24-,28-25-,32-26-,42-39-,51-48-. The van der Waals surface area contributed by atoms with E-state index in [2.05, 4.69) is 118 Å². The van der Waals surface area contributed by atoms with Gasteiger partial charge in [0.1, 0.15) is 13.2 Å². The third-order valence-corrected chi connectivity index (χ3v) is 11.0. The Hall–Kier alpha value is -3.93. The quantitative estimate of drug-likeness (QED) is 0.0262. The molecule has 0 N–H and O–H groups in total. The minimum Gasteiger partial charge on any atom is -0.462 e. The van der Waals surface area contributed by atoms with E-state index in [-0.39, 0.29) is 31.6 Å². The van der Waals surface area contributed by atoms with E-state index in [1.54, 1.807) is 6.08 Å². The van der Waals surface area contributed by atoms with Gasteiger partial charge in [-0.2, -0.15) is 0 Å². The average molecular weight is 915 g/mol. The lowest BCUT2D eigenvalue weighted by Crippen LogP contribution is -2.30. The summed E-state index contributed by atoms with van der Waals surface area (Å²) in [5.74, 6) is -1.08. The molecule has 0 spiro atoms. The van der Waals surface area contributed by atoms with Crippen molar-refractivity contribution in [2.75, 3.05) is 13.2 Å². The molecule has 0 aliphatic heterocycles. The predicted octanol–water partition coefficient (Wildman–Crippen LogP) is 17.9. The van der Waals surface area contributed by atoms with Crippen LogP contribution in [0.2, 0.25) is 0 Å². The van der Waals surface area contributed by atoms with Crippen molar-refractivity contribution in [2.45, 2.75) is 239 Å². The van der Waals surface area contributed by atoms with E-state index in [1.807, 2.05) is 6.08 Å². The molecule has 0 aromatic heterocycles. The van der Waals surface area contributed by atoms with Gasteiger partial charge in [-0.25, -0.2) is 0 Å². The lowest BCUT2D eigenvalue weighted by Gasteiger charge is -2.18. The van der Waals surface area contributed by atoms with Crippen molar-refractivity contribution in [2.24, 2.45) is 0 Å². The molecular weight excluding hydrogens is 817 g/mol. The highest BCUT2D eigenvalue weighted by molar-refractivity contribution is 5.72. The average Bonchev–Trinajstić information content (AvgIpc) is 3.31. The van der Waals surface area contributed by atoms with Gasteiger partial charge in [0.05, 0.1) is 6.42 Å². The van der Waals surface area contributed by atoms with Crippen LogP contribution in [-0.2, 0) is 28.6 Å². The van der Waals surface area contributed by atoms with Gasteiger partial charge in [-0.05, 0) is 103 Å². The fraction of sp³-hybridized carbons (Fsp3) is 0.650. The second-order valence-electron chi connectivity index (χ2n) is 17.4. The smallest absolute Gasteiger partial charge is 0.310 e. The zero-order valence-corrected chi connectivity index (χ0v) is 42.7. The molecule has 1 atom stereocenters. The molecule has 6 heteroatoms. The summed E-state index contributed by atoms with van der Waals surface area (Å²) in [6.45, 7) is 6.35. The second-order valence-corrected chi connectivity index (χ2v) is 17.4. The molecule has 0 aliphatic carbocycles. The number of allylic oxidation sites excluding steroid dienone is 17. The van der Waals surface area contributed by atoms with Gasteiger partial charge >= 0.3 is 17.9 Å². The molecule has 0 heterocycles. The summed E-state index contributed by atoms with van der Waals surface area (Å²) in [6, 6.07) is 0. The van der Waals surface area contributed by atoms with Crippen LogP contribution in [0.1, 0.15) is 233 Å². The molecule has 374 valence electrons. The number of ether oxygens (including phenoxy) is 3. The van der Waals surface area contributed by atoms with Crippen LogP contribution in [0, 0.1) is 0 Å². The molecule has 0 bridgehead atoms. The van der Waals surface area contributed by atoms with E-state index < -0.39 is 12.1 Å². The third kappa shape index (κ3) is 51.1. The van der Waals surface area contributed by atoms with Gasteiger partial charge in [0.25, 0.3) is 0 Å². The number of esters is 3.